The Kier molecular flexibility index (Phi) is 4.42. The van der Waals surface area contributed by atoms with Crippen LogP contribution in [-0.2, 0) is 11.8 Å². The van der Waals surface area contributed by atoms with Crippen molar-refractivity contribution in [2.75, 3.05) is 26.2 Å². The van der Waals surface area contributed by atoms with Gasteiger partial charge in [0.25, 0.3) is 0 Å². The fourth-order valence-electron chi connectivity index (χ4n) is 3.14. The minimum absolute atomic E-state index is 0.0745. The molecule has 124 valence electrons. The summed E-state index contributed by atoms with van der Waals surface area (Å²) in [5, 5.41) is 4.08. The van der Waals surface area contributed by atoms with Crippen molar-refractivity contribution < 1.29 is 4.79 Å². The highest BCUT2D eigenvalue weighted by Gasteiger charge is 2.33. The van der Waals surface area contributed by atoms with E-state index in [9.17, 15) is 4.79 Å². The van der Waals surface area contributed by atoms with Crippen molar-refractivity contribution in [2.45, 2.75) is 25.9 Å². The molecule has 8 heteroatoms. The van der Waals surface area contributed by atoms with E-state index in [0.29, 0.717) is 6.54 Å². The number of carbonyl (C=O) groups excluding carboxylic acids is 1. The van der Waals surface area contributed by atoms with Gasteiger partial charge in [0, 0.05) is 39.1 Å². The van der Waals surface area contributed by atoms with Crippen LogP contribution in [0.3, 0.4) is 0 Å². The Morgan fingerprint density at radius 2 is 2.26 bits per heavy atom. The Hall–Kier alpha value is -2.22. The van der Waals surface area contributed by atoms with Gasteiger partial charge in [-0.05, 0) is 13.5 Å². The molecule has 0 radical (unpaired) electrons. The largest absolute Gasteiger partial charge is 0.338 e. The molecule has 0 bridgehead atoms. The van der Waals surface area contributed by atoms with Crippen molar-refractivity contribution in [2.24, 2.45) is 7.05 Å². The first kappa shape index (κ1) is 15.7. The monoisotopic (exact) mass is 317 g/mol. The smallest absolute Gasteiger partial charge is 0.247 e. The molecule has 0 unspecified atom stereocenters. The highest BCUT2D eigenvalue weighted by molar-refractivity contribution is 5.80. The third-order valence-corrected chi connectivity index (χ3v) is 4.56. The first-order valence-corrected chi connectivity index (χ1v) is 7.96. The molecule has 1 aliphatic heterocycles. The molecule has 1 amide bonds. The van der Waals surface area contributed by atoms with Gasteiger partial charge < -0.3 is 9.47 Å². The molecule has 0 aliphatic carbocycles. The minimum atomic E-state index is -0.340. The predicted octanol–water partition coefficient (Wildman–Crippen LogP) is 0.478. The molecule has 3 heterocycles. The van der Waals surface area contributed by atoms with Crippen LogP contribution in [-0.4, -0.2) is 66.2 Å². The van der Waals surface area contributed by atoms with Crippen LogP contribution in [0, 0.1) is 0 Å². The summed E-state index contributed by atoms with van der Waals surface area (Å²) in [5.41, 5.74) is 0. The molecule has 3 rings (SSSR count). The van der Waals surface area contributed by atoms with E-state index in [1.165, 1.54) is 6.33 Å². The molecule has 2 atom stereocenters. The second-order valence-corrected chi connectivity index (χ2v) is 5.88. The highest BCUT2D eigenvalue weighted by Crippen LogP contribution is 2.25. The van der Waals surface area contributed by atoms with Crippen molar-refractivity contribution >= 4 is 5.91 Å². The molecule has 2 aromatic heterocycles. The van der Waals surface area contributed by atoms with Crippen molar-refractivity contribution in [3.05, 3.63) is 30.9 Å². The zero-order valence-electron chi connectivity index (χ0n) is 13.8. The average molecular weight is 317 g/mol. The molecule has 2 aromatic rings. The first-order chi connectivity index (χ1) is 11.1. The summed E-state index contributed by atoms with van der Waals surface area (Å²) >= 11 is 0. The van der Waals surface area contributed by atoms with Crippen LogP contribution in [0.5, 0.6) is 0 Å². The van der Waals surface area contributed by atoms with E-state index in [2.05, 4.69) is 26.9 Å². The number of likely N-dealkylation sites (N-methyl/N-ethyl adjacent to an activating group) is 1. The molecule has 0 saturated carbocycles. The average Bonchev–Trinajstić information content (AvgIpc) is 3.24. The number of hydrogen-bond acceptors (Lipinski definition) is 5. The number of amides is 1. The van der Waals surface area contributed by atoms with E-state index >= 15 is 0 Å². The van der Waals surface area contributed by atoms with Crippen LogP contribution < -0.4 is 0 Å². The number of aromatic nitrogens is 5. The summed E-state index contributed by atoms with van der Waals surface area (Å²) < 4.78 is 3.63. The normalized spacial score (nSPS) is 20.7. The topological polar surface area (TPSA) is 72.1 Å². The SMILES string of the molecule is CCN1CCN(C(=O)[C@H](C)n2cncn2)C[C@@H]1c1nccn1C. The number of nitrogens with zero attached hydrogens (tertiary/aromatic N) is 7. The van der Waals surface area contributed by atoms with Crippen molar-refractivity contribution in [1.29, 1.82) is 0 Å². The third-order valence-electron chi connectivity index (χ3n) is 4.56. The number of hydrogen-bond donors (Lipinski definition) is 0. The zero-order valence-corrected chi connectivity index (χ0v) is 13.8. The molecule has 1 fully saturated rings. The minimum Gasteiger partial charge on any atom is -0.338 e. The molecule has 1 aliphatic rings. The van der Waals surface area contributed by atoms with Crippen LogP contribution in [0.1, 0.15) is 31.8 Å². The number of imidazole rings is 1. The van der Waals surface area contributed by atoms with Gasteiger partial charge in [0.1, 0.15) is 24.5 Å². The van der Waals surface area contributed by atoms with E-state index in [4.69, 9.17) is 0 Å². The molecule has 0 spiro atoms. The Balaban J connectivity index is 1.77. The fourth-order valence-corrected chi connectivity index (χ4v) is 3.14. The van der Waals surface area contributed by atoms with Gasteiger partial charge >= 0.3 is 0 Å². The number of carbonyl (C=O) groups is 1. The standard InChI is InChI=1S/C15H23N7O/c1-4-20-7-8-21(9-13(20)14-17-5-6-19(14)3)15(23)12(2)22-11-16-10-18-22/h5-6,10-13H,4,7-9H2,1-3H3/t12-,13+/m0/s1. The Morgan fingerprint density at radius 3 is 2.87 bits per heavy atom. The maximum atomic E-state index is 12.8. The van der Waals surface area contributed by atoms with E-state index in [0.717, 1.165) is 25.5 Å². The van der Waals surface area contributed by atoms with Crippen LogP contribution >= 0.6 is 0 Å². The third kappa shape index (κ3) is 2.98. The molecule has 1 saturated heterocycles. The van der Waals surface area contributed by atoms with Crippen molar-refractivity contribution in [3.8, 4) is 0 Å². The Labute approximate surface area is 135 Å². The number of aryl methyl sites for hydroxylation is 1. The van der Waals surface area contributed by atoms with Gasteiger partial charge in [-0.1, -0.05) is 6.92 Å². The van der Waals surface area contributed by atoms with E-state index < -0.39 is 0 Å². The quantitative estimate of drug-likeness (QED) is 0.820. The molecular formula is C15H23N7O. The van der Waals surface area contributed by atoms with Gasteiger partial charge in [-0.2, -0.15) is 5.10 Å². The van der Waals surface area contributed by atoms with E-state index in [1.807, 2.05) is 35.8 Å². The number of rotatable bonds is 4. The lowest BCUT2D eigenvalue weighted by Crippen LogP contribution is -2.52. The molecule has 0 N–H and O–H groups in total. The zero-order chi connectivity index (χ0) is 16.4. The van der Waals surface area contributed by atoms with E-state index in [1.54, 1.807) is 11.0 Å². The van der Waals surface area contributed by atoms with Gasteiger partial charge in [0.2, 0.25) is 5.91 Å². The van der Waals surface area contributed by atoms with Crippen molar-refractivity contribution in [1.82, 2.24) is 34.1 Å². The summed E-state index contributed by atoms with van der Waals surface area (Å²) in [6.07, 6.45) is 6.79. The second-order valence-electron chi connectivity index (χ2n) is 5.88. The van der Waals surface area contributed by atoms with Gasteiger partial charge in [0.15, 0.2) is 0 Å². The van der Waals surface area contributed by atoms with Crippen LogP contribution in [0.4, 0.5) is 0 Å². The second kappa shape index (κ2) is 6.49. The molecule has 8 nitrogen and oxygen atoms in total. The molecule has 23 heavy (non-hydrogen) atoms. The summed E-state index contributed by atoms with van der Waals surface area (Å²) in [5.74, 6) is 1.07. The van der Waals surface area contributed by atoms with Gasteiger partial charge in [-0.3, -0.25) is 9.69 Å². The lowest BCUT2D eigenvalue weighted by atomic mass is 10.1. The lowest BCUT2D eigenvalue weighted by molar-refractivity contribution is -0.137. The van der Waals surface area contributed by atoms with Gasteiger partial charge in [0.05, 0.1) is 6.04 Å². The molecule has 0 aromatic carbocycles. The predicted molar refractivity (Wildman–Crippen MR) is 84.5 cm³/mol. The Bertz CT molecular complexity index is 651. The van der Waals surface area contributed by atoms with E-state index in [-0.39, 0.29) is 18.0 Å². The first-order valence-electron chi connectivity index (χ1n) is 7.96. The van der Waals surface area contributed by atoms with Gasteiger partial charge in [-0.15, -0.1) is 0 Å². The van der Waals surface area contributed by atoms with Crippen LogP contribution in [0.15, 0.2) is 25.0 Å². The summed E-state index contributed by atoms with van der Waals surface area (Å²) in [6, 6.07) is -0.214. The van der Waals surface area contributed by atoms with Gasteiger partial charge in [-0.25, -0.2) is 14.6 Å². The number of piperazine rings is 1. The summed E-state index contributed by atoms with van der Waals surface area (Å²) in [7, 11) is 2.00. The Morgan fingerprint density at radius 1 is 1.43 bits per heavy atom. The summed E-state index contributed by atoms with van der Waals surface area (Å²) in [4.78, 5) is 25.5. The van der Waals surface area contributed by atoms with Crippen LogP contribution in [0.25, 0.3) is 0 Å². The van der Waals surface area contributed by atoms with Crippen molar-refractivity contribution in [3.63, 3.8) is 0 Å². The maximum Gasteiger partial charge on any atom is 0.247 e. The summed E-state index contributed by atoms with van der Waals surface area (Å²) in [6.45, 7) is 7.18. The highest BCUT2D eigenvalue weighted by atomic mass is 16.2. The van der Waals surface area contributed by atoms with Crippen LogP contribution in [0.2, 0.25) is 0 Å². The fraction of sp³-hybridized carbons (Fsp3) is 0.600. The maximum absolute atomic E-state index is 12.8. The lowest BCUT2D eigenvalue weighted by Gasteiger charge is -2.41. The molecular weight excluding hydrogens is 294 g/mol.